The van der Waals surface area contributed by atoms with Crippen molar-refractivity contribution in [2.75, 3.05) is 11.6 Å². The van der Waals surface area contributed by atoms with E-state index in [2.05, 4.69) is 5.32 Å². The highest BCUT2D eigenvalue weighted by Crippen LogP contribution is 2.25. The summed E-state index contributed by atoms with van der Waals surface area (Å²) in [7, 11) is 0. The standard InChI is InChI=1S/C16H14N2O4S/c1-10(19)11-3-5-12(6-4-11)17-16(20)14-9-13(23-2)7-8-15(14)18(21)22/h3-9H,1-2H3,(H,17,20). The molecule has 0 fully saturated rings. The van der Waals surface area contributed by atoms with Crippen molar-refractivity contribution < 1.29 is 14.5 Å². The molecule has 1 amide bonds. The van der Waals surface area contributed by atoms with Crippen LogP contribution in [-0.2, 0) is 0 Å². The smallest absolute Gasteiger partial charge is 0.282 e. The van der Waals surface area contributed by atoms with E-state index < -0.39 is 10.8 Å². The van der Waals surface area contributed by atoms with Gasteiger partial charge in [0.2, 0.25) is 0 Å². The number of anilines is 1. The molecule has 0 unspecified atom stereocenters. The van der Waals surface area contributed by atoms with Gasteiger partial charge in [-0.05, 0) is 49.6 Å². The zero-order valence-electron chi connectivity index (χ0n) is 12.5. The Bertz CT molecular complexity index is 772. The Morgan fingerprint density at radius 1 is 1.13 bits per heavy atom. The molecule has 7 heteroatoms. The topological polar surface area (TPSA) is 89.3 Å². The van der Waals surface area contributed by atoms with Crippen LogP contribution in [0.25, 0.3) is 0 Å². The van der Waals surface area contributed by atoms with Crippen molar-refractivity contribution >= 4 is 34.8 Å². The first-order valence-electron chi connectivity index (χ1n) is 6.67. The molecule has 0 heterocycles. The van der Waals surface area contributed by atoms with Gasteiger partial charge in [-0.25, -0.2) is 0 Å². The lowest BCUT2D eigenvalue weighted by Crippen LogP contribution is -2.14. The lowest BCUT2D eigenvalue weighted by atomic mass is 10.1. The molecular weight excluding hydrogens is 316 g/mol. The van der Waals surface area contributed by atoms with E-state index in [4.69, 9.17) is 0 Å². The minimum absolute atomic E-state index is 0.00232. The van der Waals surface area contributed by atoms with Gasteiger partial charge in [0.1, 0.15) is 5.56 Å². The SMILES string of the molecule is CSc1ccc([N+](=O)[O-])c(C(=O)Nc2ccc(C(C)=O)cc2)c1. The number of amides is 1. The number of rotatable bonds is 5. The van der Waals surface area contributed by atoms with Gasteiger partial charge < -0.3 is 5.32 Å². The lowest BCUT2D eigenvalue weighted by Gasteiger charge is -2.07. The monoisotopic (exact) mass is 330 g/mol. The number of benzene rings is 2. The summed E-state index contributed by atoms with van der Waals surface area (Å²) >= 11 is 1.39. The molecule has 2 aromatic rings. The Morgan fingerprint density at radius 2 is 1.78 bits per heavy atom. The third kappa shape index (κ3) is 3.95. The molecule has 0 bridgehead atoms. The van der Waals surface area contributed by atoms with Crippen LogP contribution in [-0.4, -0.2) is 22.9 Å². The van der Waals surface area contributed by atoms with Gasteiger partial charge in [0, 0.05) is 22.2 Å². The van der Waals surface area contributed by atoms with E-state index in [9.17, 15) is 19.7 Å². The van der Waals surface area contributed by atoms with E-state index in [1.54, 1.807) is 30.3 Å². The van der Waals surface area contributed by atoms with E-state index in [0.29, 0.717) is 11.3 Å². The minimum atomic E-state index is -0.585. The van der Waals surface area contributed by atoms with Gasteiger partial charge in [-0.2, -0.15) is 0 Å². The third-order valence-corrected chi connectivity index (χ3v) is 3.92. The highest BCUT2D eigenvalue weighted by atomic mass is 32.2. The Balaban J connectivity index is 2.29. The maximum atomic E-state index is 12.3. The molecule has 0 aliphatic carbocycles. The fourth-order valence-electron chi connectivity index (χ4n) is 1.97. The van der Waals surface area contributed by atoms with Crippen LogP contribution in [0.15, 0.2) is 47.4 Å². The van der Waals surface area contributed by atoms with E-state index in [-0.39, 0.29) is 17.0 Å². The van der Waals surface area contributed by atoms with Gasteiger partial charge in [0.15, 0.2) is 5.78 Å². The average molecular weight is 330 g/mol. The Kier molecular flexibility index (Phi) is 5.13. The number of thioether (sulfide) groups is 1. The van der Waals surface area contributed by atoms with Crippen LogP contribution in [0.2, 0.25) is 0 Å². The quantitative estimate of drug-likeness (QED) is 0.390. The molecule has 0 spiro atoms. The molecule has 6 nitrogen and oxygen atoms in total. The molecule has 1 N–H and O–H groups in total. The second kappa shape index (κ2) is 7.06. The molecule has 23 heavy (non-hydrogen) atoms. The number of hydrogen-bond donors (Lipinski definition) is 1. The summed E-state index contributed by atoms with van der Waals surface area (Å²) in [5.41, 5.74) is 0.736. The highest BCUT2D eigenvalue weighted by molar-refractivity contribution is 7.98. The van der Waals surface area contributed by atoms with Crippen LogP contribution in [0.5, 0.6) is 0 Å². The maximum absolute atomic E-state index is 12.3. The second-order valence-corrected chi connectivity index (χ2v) is 5.61. The molecule has 0 atom stereocenters. The van der Waals surface area contributed by atoms with Crippen molar-refractivity contribution in [3.63, 3.8) is 0 Å². The van der Waals surface area contributed by atoms with Crippen LogP contribution >= 0.6 is 11.8 Å². The predicted octanol–water partition coefficient (Wildman–Crippen LogP) is 3.77. The fraction of sp³-hybridized carbons (Fsp3) is 0.125. The molecule has 0 aliphatic rings. The van der Waals surface area contributed by atoms with Crippen LogP contribution < -0.4 is 5.32 Å². The number of carbonyl (C=O) groups excluding carboxylic acids is 2. The van der Waals surface area contributed by atoms with Crippen molar-refractivity contribution in [3.8, 4) is 0 Å². The zero-order chi connectivity index (χ0) is 17.0. The first-order valence-corrected chi connectivity index (χ1v) is 7.89. The Morgan fingerprint density at radius 3 is 2.30 bits per heavy atom. The van der Waals surface area contributed by atoms with Gasteiger partial charge >= 0.3 is 0 Å². The summed E-state index contributed by atoms with van der Waals surface area (Å²) in [6.07, 6.45) is 1.82. The summed E-state index contributed by atoms with van der Waals surface area (Å²) in [4.78, 5) is 34.8. The van der Waals surface area contributed by atoms with E-state index in [1.807, 2.05) is 6.26 Å². The first-order chi connectivity index (χ1) is 10.9. The molecular formula is C16H14N2O4S. The van der Waals surface area contributed by atoms with Gasteiger partial charge in [0.05, 0.1) is 4.92 Å². The zero-order valence-corrected chi connectivity index (χ0v) is 13.3. The van der Waals surface area contributed by atoms with Crippen LogP contribution in [0, 0.1) is 10.1 Å². The lowest BCUT2D eigenvalue weighted by molar-refractivity contribution is -0.385. The van der Waals surface area contributed by atoms with E-state index >= 15 is 0 Å². The first kappa shape index (κ1) is 16.7. The number of Topliss-reactive ketones (excluding diaryl/α,β-unsaturated/α-hetero) is 1. The van der Waals surface area contributed by atoms with Crippen LogP contribution in [0.3, 0.4) is 0 Å². The van der Waals surface area contributed by atoms with E-state index in [0.717, 1.165) is 4.90 Å². The van der Waals surface area contributed by atoms with Crippen molar-refractivity contribution in [2.24, 2.45) is 0 Å². The molecule has 0 saturated carbocycles. The molecule has 2 aromatic carbocycles. The number of ketones is 1. The second-order valence-electron chi connectivity index (χ2n) is 4.73. The Hall–Kier alpha value is -2.67. The van der Waals surface area contributed by atoms with Gasteiger partial charge in [0.25, 0.3) is 11.6 Å². The van der Waals surface area contributed by atoms with Gasteiger partial charge in [-0.1, -0.05) is 0 Å². The number of carbonyl (C=O) groups is 2. The Labute approximate surface area is 137 Å². The summed E-state index contributed by atoms with van der Waals surface area (Å²) < 4.78 is 0. The number of nitro benzene ring substituents is 1. The van der Waals surface area contributed by atoms with Crippen molar-refractivity contribution in [3.05, 3.63) is 63.7 Å². The van der Waals surface area contributed by atoms with E-state index in [1.165, 1.54) is 30.8 Å². The van der Waals surface area contributed by atoms with Crippen LogP contribution in [0.1, 0.15) is 27.6 Å². The summed E-state index contributed by atoms with van der Waals surface area (Å²) in [6.45, 7) is 1.45. The molecule has 118 valence electrons. The average Bonchev–Trinajstić information content (AvgIpc) is 2.54. The molecule has 0 aliphatic heterocycles. The molecule has 0 saturated heterocycles. The summed E-state index contributed by atoms with van der Waals surface area (Å²) in [5, 5.41) is 13.7. The van der Waals surface area contributed by atoms with Crippen molar-refractivity contribution in [1.29, 1.82) is 0 Å². The van der Waals surface area contributed by atoms with Gasteiger partial charge in [-0.15, -0.1) is 11.8 Å². The van der Waals surface area contributed by atoms with Crippen molar-refractivity contribution in [2.45, 2.75) is 11.8 Å². The number of nitrogens with zero attached hydrogens (tertiary/aromatic N) is 1. The molecule has 0 aromatic heterocycles. The molecule has 2 rings (SSSR count). The summed E-state index contributed by atoms with van der Waals surface area (Å²) in [5.74, 6) is -0.644. The highest BCUT2D eigenvalue weighted by Gasteiger charge is 2.20. The van der Waals surface area contributed by atoms with Gasteiger partial charge in [-0.3, -0.25) is 19.7 Å². The fourth-order valence-corrected chi connectivity index (χ4v) is 2.41. The normalized spacial score (nSPS) is 10.2. The number of nitrogens with one attached hydrogen (secondary N) is 1. The minimum Gasteiger partial charge on any atom is -0.322 e. The van der Waals surface area contributed by atoms with Crippen LogP contribution in [0.4, 0.5) is 11.4 Å². The number of hydrogen-bond acceptors (Lipinski definition) is 5. The molecule has 0 radical (unpaired) electrons. The largest absolute Gasteiger partial charge is 0.322 e. The predicted molar refractivity (Wildman–Crippen MR) is 89.3 cm³/mol. The van der Waals surface area contributed by atoms with Crippen molar-refractivity contribution in [1.82, 2.24) is 0 Å². The maximum Gasteiger partial charge on any atom is 0.282 e. The third-order valence-electron chi connectivity index (χ3n) is 3.19. The number of nitro groups is 1. The summed E-state index contributed by atoms with van der Waals surface area (Å²) in [6, 6.07) is 10.7.